The smallest absolute Gasteiger partial charge is 0.251 e. The van der Waals surface area contributed by atoms with Gasteiger partial charge in [-0.3, -0.25) is 9.59 Å². The normalized spacial score (nSPS) is 19.8. The minimum Gasteiger partial charge on any atom is -0.391 e. The van der Waals surface area contributed by atoms with Crippen molar-refractivity contribution in [3.63, 3.8) is 0 Å². The molecule has 0 spiro atoms. The van der Waals surface area contributed by atoms with Gasteiger partial charge in [-0.2, -0.15) is 0 Å². The maximum atomic E-state index is 12.3. The molecular weight excluding hydrogens is 322 g/mol. The lowest BCUT2D eigenvalue weighted by Gasteiger charge is -2.16. The number of aliphatic hydroxyl groups is 1. The number of carbonyl (C=O) groups excluding carboxylic acids is 2. The van der Waals surface area contributed by atoms with Crippen molar-refractivity contribution in [3.05, 3.63) is 53.4 Å². The summed E-state index contributed by atoms with van der Waals surface area (Å²) < 4.78 is 5.18. The first-order valence-corrected chi connectivity index (χ1v) is 8.24. The van der Waals surface area contributed by atoms with Crippen LogP contribution in [-0.2, 0) is 11.2 Å². The van der Waals surface area contributed by atoms with E-state index in [1.54, 1.807) is 29.2 Å². The van der Waals surface area contributed by atoms with Crippen LogP contribution in [0.25, 0.3) is 0 Å². The van der Waals surface area contributed by atoms with Crippen LogP contribution in [0.4, 0.5) is 0 Å². The molecular formula is C18H21N3O4. The first kappa shape index (κ1) is 17.2. The Morgan fingerprint density at radius 3 is 2.76 bits per heavy atom. The molecule has 1 aliphatic heterocycles. The highest BCUT2D eigenvalue weighted by atomic mass is 16.5. The molecule has 0 aliphatic carbocycles. The van der Waals surface area contributed by atoms with Gasteiger partial charge in [0.25, 0.3) is 5.91 Å². The molecule has 7 heteroatoms. The summed E-state index contributed by atoms with van der Waals surface area (Å²) >= 11 is 0. The molecule has 7 nitrogen and oxygen atoms in total. The topological polar surface area (TPSA) is 95.7 Å². The summed E-state index contributed by atoms with van der Waals surface area (Å²) in [6.45, 7) is 2.44. The second kappa shape index (κ2) is 7.48. The summed E-state index contributed by atoms with van der Waals surface area (Å²) in [4.78, 5) is 25.9. The predicted octanol–water partition coefficient (Wildman–Crippen LogP) is 0.775. The maximum absolute atomic E-state index is 12.3. The van der Waals surface area contributed by atoms with E-state index in [2.05, 4.69) is 10.5 Å². The Morgan fingerprint density at radius 2 is 2.08 bits per heavy atom. The molecule has 0 radical (unpaired) electrons. The summed E-state index contributed by atoms with van der Waals surface area (Å²) in [5.41, 5.74) is 1.30. The number of benzene rings is 1. The lowest BCUT2D eigenvalue weighted by atomic mass is 10.0. The Balaban J connectivity index is 1.50. The Labute approximate surface area is 145 Å². The van der Waals surface area contributed by atoms with E-state index in [9.17, 15) is 14.7 Å². The van der Waals surface area contributed by atoms with Gasteiger partial charge in [0, 0.05) is 37.1 Å². The Bertz CT molecular complexity index is 744. The molecule has 2 aromatic rings. The zero-order valence-electron chi connectivity index (χ0n) is 14.0. The van der Waals surface area contributed by atoms with Crippen LogP contribution in [0.2, 0.25) is 0 Å². The first-order chi connectivity index (χ1) is 12.0. The van der Waals surface area contributed by atoms with Gasteiger partial charge in [0.1, 0.15) is 5.76 Å². The number of amides is 2. The molecule has 132 valence electrons. The van der Waals surface area contributed by atoms with Crippen LogP contribution in [0.1, 0.15) is 21.8 Å². The van der Waals surface area contributed by atoms with Crippen LogP contribution in [0, 0.1) is 12.8 Å². The van der Waals surface area contributed by atoms with Gasteiger partial charge in [-0.15, -0.1) is 0 Å². The Morgan fingerprint density at radius 1 is 1.32 bits per heavy atom. The fourth-order valence-electron chi connectivity index (χ4n) is 2.99. The number of rotatable bonds is 5. The van der Waals surface area contributed by atoms with Gasteiger partial charge in [-0.25, -0.2) is 0 Å². The highest BCUT2D eigenvalue weighted by Gasteiger charge is 2.34. The summed E-state index contributed by atoms with van der Waals surface area (Å²) in [6.07, 6.45) is -0.0819. The van der Waals surface area contributed by atoms with Gasteiger partial charge >= 0.3 is 0 Å². The third kappa shape index (κ3) is 4.24. The quantitative estimate of drug-likeness (QED) is 0.836. The molecule has 2 N–H and O–H groups in total. The third-order valence-corrected chi connectivity index (χ3v) is 4.34. The van der Waals surface area contributed by atoms with Crippen LogP contribution in [-0.4, -0.2) is 52.7 Å². The fraction of sp³-hybridized carbons (Fsp3) is 0.389. The molecule has 0 bridgehead atoms. The minimum absolute atomic E-state index is 0.0887. The summed E-state index contributed by atoms with van der Waals surface area (Å²) in [6, 6.07) is 10.6. The van der Waals surface area contributed by atoms with Crippen molar-refractivity contribution >= 4 is 11.8 Å². The second-order valence-corrected chi connectivity index (χ2v) is 6.31. The zero-order chi connectivity index (χ0) is 17.8. The van der Waals surface area contributed by atoms with E-state index >= 15 is 0 Å². The van der Waals surface area contributed by atoms with Crippen LogP contribution in [0.3, 0.4) is 0 Å². The highest BCUT2D eigenvalue weighted by Crippen LogP contribution is 2.22. The standard InChI is InChI=1S/C18H21N3O4/c1-12-7-15(25-20-12)8-14-10-21(11-16(14)22)17(23)9-19-18(24)13-5-3-2-4-6-13/h2-7,14,16,22H,8-11H2,1H3,(H,19,24)/t14-,16-/m1/s1. The van der Waals surface area contributed by atoms with E-state index in [-0.39, 0.29) is 30.8 Å². The van der Waals surface area contributed by atoms with Crippen molar-refractivity contribution in [2.24, 2.45) is 5.92 Å². The minimum atomic E-state index is -0.612. The molecule has 2 amide bonds. The second-order valence-electron chi connectivity index (χ2n) is 6.31. The molecule has 0 unspecified atom stereocenters. The molecule has 2 atom stereocenters. The number of β-amino-alcohol motifs (C(OH)–C–C–N with tert-alkyl or cyclic N) is 1. The molecule has 25 heavy (non-hydrogen) atoms. The lowest BCUT2D eigenvalue weighted by Crippen LogP contribution is -2.39. The van der Waals surface area contributed by atoms with E-state index in [1.807, 2.05) is 19.1 Å². The number of aliphatic hydroxyl groups excluding tert-OH is 1. The van der Waals surface area contributed by atoms with Crippen molar-refractivity contribution in [2.75, 3.05) is 19.6 Å². The van der Waals surface area contributed by atoms with Crippen LogP contribution < -0.4 is 5.32 Å². The molecule has 1 aromatic carbocycles. The Hall–Kier alpha value is -2.67. The van der Waals surface area contributed by atoms with Crippen molar-refractivity contribution in [1.82, 2.24) is 15.4 Å². The molecule has 3 rings (SSSR count). The third-order valence-electron chi connectivity index (χ3n) is 4.34. The SMILES string of the molecule is Cc1cc(C[C@@H]2CN(C(=O)CNC(=O)c3ccccc3)C[C@H]2O)on1. The van der Waals surface area contributed by atoms with Crippen molar-refractivity contribution < 1.29 is 19.2 Å². The van der Waals surface area contributed by atoms with E-state index in [4.69, 9.17) is 4.52 Å². The predicted molar refractivity (Wildman–Crippen MR) is 89.8 cm³/mol. The van der Waals surface area contributed by atoms with Gasteiger partial charge in [0.05, 0.1) is 18.3 Å². The van der Waals surface area contributed by atoms with Crippen molar-refractivity contribution in [2.45, 2.75) is 19.4 Å². The fourth-order valence-corrected chi connectivity index (χ4v) is 2.99. The number of aryl methyl sites for hydroxylation is 1. The average Bonchev–Trinajstić information content (AvgIpc) is 3.19. The zero-order valence-corrected chi connectivity index (χ0v) is 14.0. The molecule has 1 aliphatic rings. The number of nitrogens with one attached hydrogen (secondary N) is 1. The number of likely N-dealkylation sites (tertiary alicyclic amines) is 1. The summed E-state index contributed by atoms with van der Waals surface area (Å²) in [5.74, 6) is 0.108. The van der Waals surface area contributed by atoms with Gasteiger partial charge in [-0.05, 0) is 19.1 Å². The molecule has 1 saturated heterocycles. The van der Waals surface area contributed by atoms with Gasteiger partial charge < -0.3 is 19.8 Å². The molecule has 2 heterocycles. The highest BCUT2D eigenvalue weighted by molar-refractivity contribution is 5.96. The number of hydrogen-bond donors (Lipinski definition) is 2. The van der Waals surface area contributed by atoms with Crippen molar-refractivity contribution in [3.8, 4) is 0 Å². The van der Waals surface area contributed by atoms with E-state index in [0.717, 1.165) is 5.69 Å². The van der Waals surface area contributed by atoms with Gasteiger partial charge in [0.15, 0.2) is 0 Å². The molecule has 1 fully saturated rings. The number of carbonyl (C=O) groups is 2. The average molecular weight is 343 g/mol. The van der Waals surface area contributed by atoms with E-state index in [1.165, 1.54) is 0 Å². The van der Waals surface area contributed by atoms with E-state index < -0.39 is 6.10 Å². The van der Waals surface area contributed by atoms with Crippen LogP contribution in [0.15, 0.2) is 40.9 Å². The lowest BCUT2D eigenvalue weighted by molar-refractivity contribution is -0.129. The molecule has 0 saturated carbocycles. The Kier molecular flexibility index (Phi) is 5.14. The molecule has 1 aromatic heterocycles. The largest absolute Gasteiger partial charge is 0.391 e. The first-order valence-electron chi connectivity index (χ1n) is 8.24. The summed E-state index contributed by atoms with van der Waals surface area (Å²) in [5, 5.41) is 16.6. The van der Waals surface area contributed by atoms with Crippen LogP contribution in [0.5, 0.6) is 0 Å². The number of hydrogen-bond acceptors (Lipinski definition) is 5. The van der Waals surface area contributed by atoms with Crippen LogP contribution >= 0.6 is 0 Å². The van der Waals surface area contributed by atoms with E-state index in [0.29, 0.717) is 24.3 Å². The van der Waals surface area contributed by atoms with Gasteiger partial charge in [-0.1, -0.05) is 23.4 Å². The number of nitrogens with zero attached hydrogens (tertiary/aromatic N) is 2. The monoisotopic (exact) mass is 343 g/mol. The number of aromatic nitrogens is 1. The van der Waals surface area contributed by atoms with Crippen molar-refractivity contribution in [1.29, 1.82) is 0 Å². The van der Waals surface area contributed by atoms with Gasteiger partial charge in [0.2, 0.25) is 5.91 Å². The summed E-state index contributed by atoms with van der Waals surface area (Å²) in [7, 11) is 0. The maximum Gasteiger partial charge on any atom is 0.251 e.